The van der Waals surface area contributed by atoms with E-state index < -0.39 is 0 Å². The highest BCUT2D eigenvalue weighted by Gasteiger charge is 2.08. The first-order chi connectivity index (χ1) is 9.85. The van der Waals surface area contributed by atoms with Gasteiger partial charge >= 0.3 is 0 Å². The predicted molar refractivity (Wildman–Crippen MR) is 80.2 cm³/mol. The van der Waals surface area contributed by atoms with E-state index in [4.69, 9.17) is 5.11 Å². The summed E-state index contributed by atoms with van der Waals surface area (Å²) in [6.07, 6.45) is 4.28. The minimum Gasteiger partial charge on any atom is -0.396 e. The molecule has 0 radical (unpaired) electrons. The number of aliphatic hydroxyl groups is 1. The largest absolute Gasteiger partial charge is 0.396 e. The number of nitrogens with zero attached hydrogens (tertiary/aromatic N) is 4. The molecule has 1 aromatic heterocycles. The molecule has 0 unspecified atom stereocenters. The maximum atomic E-state index is 8.81. The standard InChI is InChI=1S/C14H20N4OS/c1-2-3-5-12-6-8-13(9-7-12)18-14(15-16-17-18)20-11-4-10-19/h6-9,19H,2-5,10-11H2,1H3. The van der Waals surface area contributed by atoms with Crippen LogP contribution in [0.5, 0.6) is 0 Å². The van der Waals surface area contributed by atoms with Crippen LogP contribution in [0.1, 0.15) is 31.7 Å². The summed E-state index contributed by atoms with van der Waals surface area (Å²) < 4.78 is 1.74. The van der Waals surface area contributed by atoms with Crippen molar-refractivity contribution >= 4 is 11.8 Å². The summed E-state index contributed by atoms with van der Waals surface area (Å²) in [5, 5.41) is 21.4. The maximum Gasteiger partial charge on any atom is 0.214 e. The van der Waals surface area contributed by atoms with Gasteiger partial charge in [0.05, 0.1) is 5.69 Å². The number of hydrogen-bond acceptors (Lipinski definition) is 5. The molecule has 0 saturated carbocycles. The second kappa shape index (κ2) is 8.01. The van der Waals surface area contributed by atoms with Crippen molar-refractivity contribution in [1.29, 1.82) is 0 Å². The third-order valence-electron chi connectivity index (χ3n) is 2.97. The Labute approximate surface area is 123 Å². The maximum absolute atomic E-state index is 8.81. The third kappa shape index (κ3) is 4.05. The third-order valence-corrected chi connectivity index (χ3v) is 3.98. The number of thioether (sulfide) groups is 1. The molecule has 0 fully saturated rings. The van der Waals surface area contributed by atoms with Crippen LogP contribution >= 0.6 is 11.8 Å². The Morgan fingerprint density at radius 3 is 2.70 bits per heavy atom. The number of benzene rings is 1. The highest BCUT2D eigenvalue weighted by molar-refractivity contribution is 7.99. The molecule has 1 heterocycles. The minimum atomic E-state index is 0.195. The van der Waals surface area contributed by atoms with Crippen LogP contribution in [-0.2, 0) is 6.42 Å². The van der Waals surface area contributed by atoms with Crippen LogP contribution in [0.4, 0.5) is 0 Å². The Hall–Kier alpha value is -1.40. The molecule has 0 aliphatic carbocycles. The summed E-state index contributed by atoms with van der Waals surface area (Å²) in [5.41, 5.74) is 2.32. The number of aromatic nitrogens is 4. The van der Waals surface area contributed by atoms with Crippen LogP contribution in [0.2, 0.25) is 0 Å². The van der Waals surface area contributed by atoms with Crippen LogP contribution in [0.15, 0.2) is 29.4 Å². The molecule has 2 rings (SSSR count). The van der Waals surface area contributed by atoms with E-state index in [1.54, 1.807) is 16.4 Å². The molecule has 0 spiro atoms. The Balaban J connectivity index is 2.05. The Morgan fingerprint density at radius 2 is 2.00 bits per heavy atom. The zero-order valence-corrected chi connectivity index (χ0v) is 12.5. The number of tetrazole rings is 1. The number of aryl methyl sites for hydroxylation is 1. The molecule has 1 N–H and O–H groups in total. The second-order valence-electron chi connectivity index (χ2n) is 4.57. The van der Waals surface area contributed by atoms with E-state index in [0.29, 0.717) is 0 Å². The van der Waals surface area contributed by atoms with Crippen molar-refractivity contribution < 1.29 is 5.11 Å². The lowest BCUT2D eigenvalue weighted by molar-refractivity contribution is 0.296. The Bertz CT molecular complexity index is 512. The lowest BCUT2D eigenvalue weighted by Crippen LogP contribution is -2.00. The summed E-state index contributed by atoms with van der Waals surface area (Å²) in [4.78, 5) is 0. The van der Waals surface area contributed by atoms with Gasteiger partial charge in [-0.3, -0.25) is 0 Å². The van der Waals surface area contributed by atoms with E-state index >= 15 is 0 Å². The van der Waals surface area contributed by atoms with Crippen molar-refractivity contribution in [3.8, 4) is 5.69 Å². The summed E-state index contributed by atoms with van der Waals surface area (Å²) in [7, 11) is 0. The zero-order chi connectivity index (χ0) is 14.2. The van der Waals surface area contributed by atoms with Crippen molar-refractivity contribution in [3.63, 3.8) is 0 Å². The molecule has 0 amide bonds. The Kier molecular flexibility index (Phi) is 6.01. The first-order valence-corrected chi connectivity index (χ1v) is 7.95. The molecule has 0 atom stereocenters. The molecule has 0 bridgehead atoms. The summed E-state index contributed by atoms with van der Waals surface area (Å²) in [6.45, 7) is 2.39. The van der Waals surface area contributed by atoms with Gasteiger partial charge in [0, 0.05) is 12.4 Å². The van der Waals surface area contributed by atoms with Gasteiger partial charge in [-0.2, -0.15) is 4.68 Å². The lowest BCUT2D eigenvalue weighted by atomic mass is 10.1. The van der Waals surface area contributed by atoms with Gasteiger partial charge in [0.2, 0.25) is 5.16 Å². The molecular formula is C14H20N4OS. The average Bonchev–Trinajstić information content (AvgIpc) is 2.94. The molecule has 2 aromatic rings. The fourth-order valence-corrected chi connectivity index (χ4v) is 2.66. The molecule has 1 aromatic carbocycles. The van der Waals surface area contributed by atoms with Gasteiger partial charge in [-0.05, 0) is 47.4 Å². The van der Waals surface area contributed by atoms with Gasteiger partial charge in [0.25, 0.3) is 0 Å². The number of rotatable bonds is 8. The van der Waals surface area contributed by atoms with E-state index in [-0.39, 0.29) is 6.61 Å². The number of hydrogen-bond donors (Lipinski definition) is 1. The van der Waals surface area contributed by atoms with Crippen LogP contribution in [0, 0.1) is 0 Å². The fraction of sp³-hybridized carbons (Fsp3) is 0.500. The van der Waals surface area contributed by atoms with Crippen LogP contribution in [0.3, 0.4) is 0 Å². The van der Waals surface area contributed by atoms with E-state index in [0.717, 1.165) is 29.4 Å². The molecule has 5 nitrogen and oxygen atoms in total. The quantitative estimate of drug-likeness (QED) is 0.598. The summed E-state index contributed by atoms with van der Waals surface area (Å²) >= 11 is 1.56. The van der Waals surface area contributed by atoms with Gasteiger partial charge in [-0.15, -0.1) is 5.10 Å². The molecule has 20 heavy (non-hydrogen) atoms. The molecule has 0 saturated heterocycles. The van der Waals surface area contributed by atoms with E-state index in [1.165, 1.54) is 18.4 Å². The SMILES string of the molecule is CCCCc1ccc(-n2nnnc2SCCCO)cc1. The van der Waals surface area contributed by atoms with E-state index in [9.17, 15) is 0 Å². The monoisotopic (exact) mass is 292 g/mol. The number of unbranched alkanes of at least 4 members (excludes halogenated alkanes) is 1. The predicted octanol–water partition coefficient (Wildman–Crippen LogP) is 2.48. The Morgan fingerprint density at radius 1 is 1.20 bits per heavy atom. The molecule has 108 valence electrons. The van der Waals surface area contributed by atoms with Crippen molar-refractivity contribution in [3.05, 3.63) is 29.8 Å². The minimum absolute atomic E-state index is 0.195. The van der Waals surface area contributed by atoms with Crippen LogP contribution in [-0.4, -0.2) is 37.7 Å². The van der Waals surface area contributed by atoms with E-state index in [2.05, 4.69) is 46.7 Å². The molecule has 6 heteroatoms. The van der Waals surface area contributed by atoms with Gasteiger partial charge in [-0.25, -0.2) is 0 Å². The van der Waals surface area contributed by atoms with Crippen molar-refractivity contribution in [2.45, 2.75) is 37.8 Å². The highest BCUT2D eigenvalue weighted by Crippen LogP contribution is 2.19. The van der Waals surface area contributed by atoms with Gasteiger partial charge < -0.3 is 5.11 Å². The first kappa shape index (κ1) is 15.0. The van der Waals surface area contributed by atoms with Crippen molar-refractivity contribution in [2.24, 2.45) is 0 Å². The normalized spacial score (nSPS) is 10.9. The summed E-state index contributed by atoms with van der Waals surface area (Å²) in [5.74, 6) is 0.811. The lowest BCUT2D eigenvalue weighted by Gasteiger charge is -2.05. The van der Waals surface area contributed by atoms with Crippen LogP contribution < -0.4 is 0 Å². The molecule has 0 aliphatic rings. The number of aliphatic hydroxyl groups excluding tert-OH is 1. The topological polar surface area (TPSA) is 63.8 Å². The second-order valence-corrected chi connectivity index (χ2v) is 5.63. The molecular weight excluding hydrogens is 272 g/mol. The molecule has 0 aliphatic heterocycles. The van der Waals surface area contributed by atoms with Crippen LogP contribution in [0.25, 0.3) is 5.69 Å². The summed E-state index contributed by atoms with van der Waals surface area (Å²) in [6, 6.07) is 8.37. The van der Waals surface area contributed by atoms with Crippen molar-refractivity contribution in [1.82, 2.24) is 20.2 Å². The average molecular weight is 292 g/mol. The van der Waals surface area contributed by atoms with E-state index in [1.807, 2.05) is 0 Å². The van der Waals surface area contributed by atoms with Gasteiger partial charge in [0.1, 0.15) is 0 Å². The van der Waals surface area contributed by atoms with Crippen molar-refractivity contribution in [2.75, 3.05) is 12.4 Å². The van der Waals surface area contributed by atoms with Gasteiger partial charge in [-0.1, -0.05) is 37.2 Å². The van der Waals surface area contributed by atoms with Gasteiger partial charge in [0.15, 0.2) is 0 Å². The fourth-order valence-electron chi connectivity index (χ4n) is 1.84. The zero-order valence-electron chi connectivity index (χ0n) is 11.7. The highest BCUT2D eigenvalue weighted by atomic mass is 32.2. The smallest absolute Gasteiger partial charge is 0.214 e. The first-order valence-electron chi connectivity index (χ1n) is 6.96.